The molecular weight excluding hydrogens is 180 g/mol. The number of rotatable bonds is 4. The van der Waals surface area contributed by atoms with Gasteiger partial charge in [-0.15, -0.1) is 0 Å². The van der Waals surface area contributed by atoms with Gasteiger partial charge in [-0.3, -0.25) is 9.59 Å². The summed E-state index contributed by atoms with van der Waals surface area (Å²) in [5.74, 6) is -0.502. The van der Waals surface area contributed by atoms with Crippen LogP contribution in [0.25, 0.3) is 0 Å². The molecule has 0 atom stereocenters. The number of carbonyl (C=O) groups is 2. The Morgan fingerprint density at radius 2 is 1.14 bits per heavy atom. The van der Waals surface area contributed by atoms with Crippen molar-refractivity contribution in [3.05, 3.63) is 12.2 Å². The lowest BCUT2D eigenvalue weighted by Crippen LogP contribution is -2.30. The molecule has 0 saturated carbocycles. The first-order valence-corrected chi connectivity index (χ1v) is 4.71. The second-order valence-electron chi connectivity index (χ2n) is 3.66. The molecule has 0 aromatic heterocycles. The summed E-state index contributed by atoms with van der Waals surface area (Å²) in [7, 11) is 0. The van der Waals surface area contributed by atoms with Gasteiger partial charge in [0, 0.05) is 24.2 Å². The molecule has 0 radical (unpaired) electrons. The van der Waals surface area contributed by atoms with Crippen LogP contribution in [0, 0.1) is 0 Å². The highest BCUT2D eigenvalue weighted by atomic mass is 16.2. The molecule has 0 aliphatic carbocycles. The second-order valence-corrected chi connectivity index (χ2v) is 3.66. The zero-order valence-corrected chi connectivity index (χ0v) is 9.13. The molecule has 0 aliphatic rings. The minimum atomic E-state index is -0.251. The number of hydrogen-bond donors (Lipinski definition) is 2. The molecule has 0 bridgehead atoms. The zero-order chi connectivity index (χ0) is 11.1. The van der Waals surface area contributed by atoms with Gasteiger partial charge in [-0.1, -0.05) is 0 Å². The van der Waals surface area contributed by atoms with E-state index in [0.717, 1.165) is 0 Å². The van der Waals surface area contributed by atoms with Gasteiger partial charge >= 0.3 is 0 Å². The summed E-state index contributed by atoms with van der Waals surface area (Å²) in [5.41, 5.74) is 0. The Labute approximate surface area is 84.8 Å². The van der Waals surface area contributed by atoms with Gasteiger partial charge in [0.2, 0.25) is 11.8 Å². The minimum absolute atomic E-state index is 0.0836. The van der Waals surface area contributed by atoms with E-state index in [2.05, 4.69) is 10.6 Å². The maximum Gasteiger partial charge on any atom is 0.244 e. The average Bonchev–Trinajstić information content (AvgIpc) is 1.98. The van der Waals surface area contributed by atoms with Crippen molar-refractivity contribution in [2.45, 2.75) is 39.8 Å². The van der Waals surface area contributed by atoms with E-state index in [9.17, 15) is 9.59 Å². The highest BCUT2D eigenvalue weighted by Crippen LogP contribution is 1.82. The van der Waals surface area contributed by atoms with Crippen molar-refractivity contribution in [2.75, 3.05) is 0 Å². The van der Waals surface area contributed by atoms with Gasteiger partial charge < -0.3 is 10.6 Å². The Morgan fingerprint density at radius 1 is 0.857 bits per heavy atom. The fourth-order valence-corrected chi connectivity index (χ4v) is 0.817. The molecule has 0 rings (SSSR count). The van der Waals surface area contributed by atoms with Crippen LogP contribution in [0.3, 0.4) is 0 Å². The predicted octanol–water partition coefficient (Wildman–Crippen LogP) is 0.592. The molecule has 0 aromatic rings. The van der Waals surface area contributed by atoms with Gasteiger partial charge in [0.1, 0.15) is 0 Å². The summed E-state index contributed by atoms with van der Waals surface area (Å²) in [4.78, 5) is 22.1. The highest BCUT2D eigenvalue weighted by molar-refractivity contribution is 5.96. The van der Waals surface area contributed by atoms with Gasteiger partial charge in [-0.25, -0.2) is 0 Å². The van der Waals surface area contributed by atoms with E-state index in [1.165, 1.54) is 12.2 Å². The molecule has 4 nitrogen and oxygen atoms in total. The van der Waals surface area contributed by atoms with Gasteiger partial charge in [-0.2, -0.15) is 0 Å². The van der Waals surface area contributed by atoms with Crippen molar-refractivity contribution in [3.63, 3.8) is 0 Å². The standard InChI is InChI=1S/C10H18N2O2/c1-7(2)11-9(13)5-6-10(14)12-8(3)4/h5-8H,1-4H3,(H,11,13)(H,12,14)/b6-5+. The molecular formula is C10H18N2O2. The topological polar surface area (TPSA) is 58.2 Å². The van der Waals surface area contributed by atoms with E-state index in [1.807, 2.05) is 27.7 Å². The Balaban J connectivity index is 3.92. The molecule has 0 fully saturated rings. The molecule has 0 saturated heterocycles. The molecule has 4 heteroatoms. The molecule has 0 aliphatic heterocycles. The Bertz CT molecular complexity index is 208. The van der Waals surface area contributed by atoms with Crippen molar-refractivity contribution in [1.29, 1.82) is 0 Å². The Kier molecular flexibility index (Phi) is 5.60. The maximum absolute atomic E-state index is 11.1. The smallest absolute Gasteiger partial charge is 0.244 e. The monoisotopic (exact) mass is 198 g/mol. The lowest BCUT2D eigenvalue weighted by molar-refractivity contribution is -0.119. The normalized spacial score (nSPS) is 11.0. The van der Waals surface area contributed by atoms with Crippen LogP contribution < -0.4 is 10.6 Å². The summed E-state index contributed by atoms with van der Waals surface area (Å²) >= 11 is 0. The molecule has 0 unspecified atom stereocenters. The van der Waals surface area contributed by atoms with Crippen LogP contribution in [0.2, 0.25) is 0 Å². The zero-order valence-electron chi connectivity index (χ0n) is 9.13. The summed E-state index contributed by atoms with van der Waals surface area (Å²) in [6, 6.07) is 0.167. The van der Waals surface area contributed by atoms with Crippen LogP contribution in [0.1, 0.15) is 27.7 Å². The van der Waals surface area contributed by atoms with E-state index >= 15 is 0 Å². The van der Waals surface area contributed by atoms with E-state index in [1.54, 1.807) is 0 Å². The van der Waals surface area contributed by atoms with Gasteiger partial charge in [-0.05, 0) is 27.7 Å². The Morgan fingerprint density at radius 3 is 1.36 bits per heavy atom. The van der Waals surface area contributed by atoms with Crippen molar-refractivity contribution in [1.82, 2.24) is 10.6 Å². The van der Waals surface area contributed by atoms with Gasteiger partial charge in [0.05, 0.1) is 0 Å². The fraction of sp³-hybridized carbons (Fsp3) is 0.600. The SMILES string of the molecule is CC(C)NC(=O)/C=C/C(=O)NC(C)C. The van der Waals surface area contributed by atoms with E-state index in [0.29, 0.717) is 0 Å². The fourth-order valence-electron chi connectivity index (χ4n) is 0.817. The number of amides is 2. The van der Waals surface area contributed by atoms with Crippen LogP contribution in [0.5, 0.6) is 0 Å². The van der Waals surface area contributed by atoms with Gasteiger partial charge in [0.25, 0.3) is 0 Å². The summed E-state index contributed by atoms with van der Waals surface area (Å²) in [5, 5.41) is 5.29. The van der Waals surface area contributed by atoms with Crippen LogP contribution in [0.4, 0.5) is 0 Å². The number of nitrogens with one attached hydrogen (secondary N) is 2. The molecule has 0 aromatic carbocycles. The summed E-state index contributed by atoms with van der Waals surface area (Å²) in [6.45, 7) is 7.44. The van der Waals surface area contributed by atoms with E-state index in [-0.39, 0.29) is 23.9 Å². The largest absolute Gasteiger partial charge is 0.350 e. The second kappa shape index (κ2) is 6.18. The van der Waals surface area contributed by atoms with Crippen molar-refractivity contribution < 1.29 is 9.59 Å². The summed E-state index contributed by atoms with van der Waals surface area (Å²) < 4.78 is 0. The first kappa shape index (κ1) is 12.7. The van der Waals surface area contributed by atoms with Crippen LogP contribution >= 0.6 is 0 Å². The van der Waals surface area contributed by atoms with Crippen LogP contribution in [0.15, 0.2) is 12.2 Å². The third-order valence-corrected chi connectivity index (χ3v) is 1.25. The lowest BCUT2D eigenvalue weighted by atomic mass is 10.3. The molecule has 0 spiro atoms. The third-order valence-electron chi connectivity index (χ3n) is 1.25. The molecule has 2 N–H and O–H groups in total. The average molecular weight is 198 g/mol. The van der Waals surface area contributed by atoms with Gasteiger partial charge in [0.15, 0.2) is 0 Å². The quantitative estimate of drug-likeness (QED) is 0.650. The molecule has 2 amide bonds. The highest BCUT2D eigenvalue weighted by Gasteiger charge is 2.00. The number of hydrogen-bond acceptors (Lipinski definition) is 2. The number of carbonyl (C=O) groups excluding carboxylic acids is 2. The molecule has 0 heterocycles. The summed E-state index contributed by atoms with van der Waals surface area (Å²) in [6.07, 6.45) is 2.47. The van der Waals surface area contributed by atoms with Crippen LogP contribution in [-0.2, 0) is 9.59 Å². The lowest BCUT2D eigenvalue weighted by Gasteiger charge is -2.05. The first-order chi connectivity index (χ1) is 6.41. The van der Waals surface area contributed by atoms with Crippen molar-refractivity contribution in [2.24, 2.45) is 0 Å². The third kappa shape index (κ3) is 7.34. The van der Waals surface area contributed by atoms with Crippen molar-refractivity contribution >= 4 is 11.8 Å². The van der Waals surface area contributed by atoms with E-state index < -0.39 is 0 Å². The van der Waals surface area contributed by atoms with E-state index in [4.69, 9.17) is 0 Å². The van der Waals surface area contributed by atoms with Crippen molar-refractivity contribution in [3.8, 4) is 0 Å². The Hall–Kier alpha value is -1.32. The molecule has 80 valence electrons. The maximum atomic E-state index is 11.1. The molecule has 14 heavy (non-hydrogen) atoms. The van der Waals surface area contributed by atoms with Crippen LogP contribution in [-0.4, -0.2) is 23.9 Å². The first-order valence-electron chi connectivity index (χ1n) is 4.71. The minimum Gasteiger partial charge on any atom is -0.350 e. The predicted molar refractivity (Wildman–Crippen MR) is 55.7 cm³/mol.